The van der Waals surface area contributed by atoms with Gasteiger partial charge in [-0.3, -0.25) is 5.84 Å². The Morgan fingerprint density at radius 3 is 2.62 bits per heavy atom. The van der Waals surface area contributed by atoms with Gasteiger partial charge in [-0.1, -0.05) is 48.9 Å². The molecule has 0 saturated carbocycles. The molecule has 0 aliphatic rings. The predicted molar refractivity (Wildman–Crippen MR) is 90.5 cm³/mol. The van der Waals surface area contributed by atoms with E-state index in [2.05, 4.69) is 28.3 Å². The number of ether oxygens (including phenoxy) is 1. The van der Waals surface area contributed by atoms with Crippen LogP contribution in [-0.4, -0.2) is 6.61 Å². The van der Waals surface area contributed by atoms with E-state index in [0.29, 0.717) is 11.6 Å². The summed E-state index contributed by atoms with van der Waals surface area (Å²) < 4.78 is 6.65. The summed E-state index contributed by atoms with van der Waals surface area (Å²) >= 11 is 9.83. The van der Waals surface area contributed by atoms with Crippen LogP contribution in [0.3, 0.4) is 0 Å². The van der Waals surface area contributed by atoms with Gasteiger partial charge >= 0.3 is 0 Å². The monoisotopic (exact) mass is 368 g/mol. The molecule has 5 heteroatoms. The van der Waals surface area contributed by atoms with Crippen LogP contribution < -0.4 is 16.0 Å². The second kappa shape index (κ2) is 7.80. The molecule has 3 N–H and O–H groups in total. The average Bonchev–Trinajstić information content (AvgIpc) is 2.51. The highest BCUT2D eigenvalue weighted by Gasteiger charge is 2.20. The molecular weight excluding hydrogens is 352 g/mol. The Balaban J connectivity index is 2.44. The Labute approximate surface area is 138 Å². The van der Waals surface area contributed by atoms with E-state index in [0.717, 1.165) is 27.8 Å². The van der Waals surface area contributed by atoms with Gasteiger partial charge in [-0.25, -0.2) is 5.43 Å². The van der Waals surface area contributed by atoms with Crippen molar-refractivity contribution in [1.29, 1.82) is 0 Å². The Hall–Kier alpha value is -1.07. The molecule has 3 nitrogen and oxygen atoms in total. The Morgan fingerprint density at radius 2 is 1.90 bits per heavy atom. The summed E-state index contributed by atoms with van der Waals surface area (Å²) in [6, 6.07) is 13.4. The van der Waals surface area contributed by atoms with Crippen LogP contribution >= 0.6 is 27.5 Å². The topological polar surface area (TPSA) is 47.3 Å². The van der Waals surface area contributed by atoms with Gasteiger partial charge in [0.2, 0.25) is 0 Å². The minimum absolute atomic E-state index is 0.233. The summed E-state index contributed by atoms with van der Waals surface area (Å²) in [4.78, 5) is 0. The zero-order valence-electron chi connectivity index (χ0n) is 11.8. The molecule has 0 saturated heterocycles. The quantitative estimate of drug-likeness (QED) is 0.584. The van der Waals surface area contributed by atoms with Crippen LogP contribution in [0.15, 0.2) is 46.9 Å². The summed E-state index contributed by atoms with van der Waals surface area (Å²) in [6.07, 6.45) is 0.951. The first-order valence-electron chi connectivity index (χ1n) is 6.80. The number of hydrogen-bond acceptors (Lipinski definition) is 3. The van der Waals surface area contributed by atoms with E-state index in [9.17, 15) is 0 Å². The van der Waals surface area contributed by atoms with Crippen LogP contribution in [0, 0.1) is 0 Å². The van der Waals surface area contributed by atoms with Gasteiger partial charge in [-0.15, -0.1) is 0 Å². The van der Waals surface area contributed by atoms with Gasteiger partial charge in [0.15, 0.2) is 0 Å². The number of hydrazine groups is 1. The van der Waals surface area contributed by atoms with E-state index >= 15 is 0 Å². The highest BCUT2D eigenvalue weighted by molar-refractivity contribution is 9.10. The minimum Gasteiger partial charge on any atom is -0.493 e. The fourth-order valence-electron chi connectivity index (χ4n) is 2.15. The zero-order valence-corrected chi connectivity index (χ0v) is 14.1. The van der Waals surface area contributed by atoms with Crippen molar-refractivity contribution in [3.05, 3.63) is 63.1 Å². The van der Waals surface area contributed by atoms with Crippen molar-refractivity contribution in [2.45, 2.75) is 19.4 Å². The molecule has 0 heterocycles. The first kappa shape index (κ1) is 16.3. The normalized spacial score (nSPS) is 12.2. The van der Waals surface area contributed by atoms with Crippen LogP contribution in [0.4, 0.5) is 0 Å². The molecule has 0 radical (unpaired) electrons. The van der Waals surface area contributed by atoms with Gasteiger partial charge < -0.3 is 4.74 Å². The van der Waals surface area contributed by atoms with Crippen LogP contribution in [-0.2, 0) is 0 Å². The highest BCUT2D eigenvalue weighted by atomic mass is 79.9. The molecule has 2 rings (SSSR count). The second-order valence-corrected chi connectivity index (χ2v) is 5.86. The van der Waals surface area contributed by atoms with Gasteiger partial charge in [0.05, 0.1) is 17.7 Å². The van der Waals surface area contributed by atoms with E-state index in [4.69, 9.17) is 22.2 Å². The molecule has 112 valence electrons. The maximum absolute atomic E-state index is 6.39. The minimum atomic E-state index is -0.233. The van der Waals surface area contributed by atoms with Crippen LogP contribution in [0.2, 0.25) is 5.02 Å². The van der Waals surface area contributed by atoms with E-state index < -0.39 is 0 Å². The molecule has 1 atom stereocenters. The van der Waals surface area contributed by atoms with Crippen LogP contribution in [0.25, 0.3) is 0 Å². The number of nitrogens with two attached hydrogens (primary N) is 1. The third kappa shape index (κ3) is 3.77. The number of benzene rings is 2. The van der Waals surface area contributed by atoms with Crippen LogP contribution in [0.1, 0.15) is 30.5 Å². The molecule has 0 aliphatic carbocycles. The largest absolute Gasteiger partial charge is 0.493 e. The van der Waals surface area contributed by atoms with Gasteiger partial charge in [0.25, 0.3) is 0 Å². The lowest BCUT2D eigenvalue weighted by Crippen LogP contribution is -2.29. The van der Waals surface area contributed by atoms with Gasteiger partial charge in [-0.05, 0) is 40.0 Å². The molecule has 1 unspecified atom stereocenters. The molecular formula is C16H18BrClN2O. The maximum Gasteiger partial charge on any atom is 0.124 e. The van der Waals surface area contributed by atoms with Crippen molar-refractivity contribution in [2.75, 3.05) is 6.61 Å². The molecule has 0 spiro atoms. The van der Waals surface area contributed by atoms with Gasteiger partial charge in [0.1, 0.15) is 5.75 Å². The number of nitrogens with one attached hydrogen (secondary N) is 1. The SMILES string of the molecule is CCCOc1ccccc1C(NN)c1cccc(Br)c1Cl. The van der Waals surface area contributed by atoms with Crippen LogP contribution in [0.5, 0.6) is 5.75 Å². The van der Waals surface area contributed by atoms with Crippen molar-refractivity contribution in [2.24, 2.45) is 5.84 Å². The summed E-state index contributed by atoms with van der Waals surface area (Å²) in [5.74, 6) is 6.59. The van der Waals surface area contributed by atoms with E-state index in [-0.39, 0.29) is 6.04 Å². The Morgan fingerprint density at radius 1 is 1.19 bits per heavy atom. The molecule has 0 fully saturated rings. The third-order valence-corrected chi connectivity index (χ3v) is 4.46. The molecule has 0 amide bonds. The average molecular weight is 370 g/mol. The first-order chi connectivity index (χ1) is 10.2. The third-order valence-electron chi connectivity index (χ3n) is 3.15. The van der Waals surface area contributed by atoms with Crippen molar-refractivity contribution in [1.82, 2.24) is 5.43 Å². The number of halogens is 2. The van der Waals surface area contributed by atoms with E-state index in [1.54, 1.807) is 0 Å². The lowest BCUT2D eigenvalue weighted by molar-refractivity contribution is 0.311. The molecule has 0 aromatic heterocycles. The lowest BCUT2D eigenvalue weighted by Gasteiger charge is -2.21. The Bertz CT molecular complexity index is 607. The van der Waals surface area contributed by atoms with Gasteiger partial charge in [0, 0.05) is 10.0 Å². The van der Waals surface area contributed by atoms with Crippen molar-refractivity contribution in [3.63, 3.8) is 0 Å². The summed E-state index contributed by atoms with van der Waals surface area (Å²) in [5, 5.41) is 0.644. The smallest absolute Gasteiger partial charge is 0.124 e. The molecule has 2 aromatic rings. The zero-order chi connectivity index (χ0) is 15.2. The van der Waals surface area contributed by atoms with Crippen molar-refractivity contribution < 1.29 is 4.74 Å². The molecule has 2 aromatic carbocycles. The fourth-order valence-corrected chi connectivity index (χ4v) is 2.77. The fraction of sp³-hybridized carbons (Fsp3) is 0.250. The first-order valence-corrected chi connectivity index (χ1v) is 7.97. The second-order valence-electron chi connectivity index (χ2n) is 4.63. The summed E-state index contributed by atoms with van der Waals surface area (Å²) in [6.45, 7) is 2.74. The molecule has 0 aliphatic heterocycles. The van der Waals surface area contributed by atoms with E-state index in [1.807, 2.05) is 42.5 Å². The predicted octanol–water partition coefficient (Wildman–Crippen LogP) is 4.44. The van der Waals surface area contributed by atoms with Crippen molar-refractivity contribution >= 4 is 27.5 Å². The summed E-state index contributed by atoms with van der Waals surface area (Å²) in [7, 11) is 0. The summed E-state index contributed by atoms with van der Waals surface area (Å²) in [5.41, 5.74) is 4.70. The number of rotatable bonds is 6. The molecule has 21 heavy (non-hydrogen) atoms. The lowest BCUT2D eigenvalue weighted by atomic mass is 9.98. The highest BCUT2D eigenvalue weighted by Crippen LogP contribution is 2.36. The Kier molecular flexibility index (Phi) is 6.06. The maximum atomic E-state index is 6.39. The van der Waals surface area contributed by atoms with Gasteiger partial charge in [-0.2, -0.15) is 0 Å². The number of hydrogen-bond donors (Lipinski definition) is 2. The van der Waals surface area contributed by atoms with E-state index in [1.165, 1.54) is 0 Å². The van der Waals surface area contributed by atoms with Crippen molar-refractivity contribution in [3.8, 4) is 5.75 Å². The number of para-hydroxylation sites is 1. The standard InChI is InChI=1S/C16H18BrClN2O/c1-2-10-21-14-9-4-3-6-11(14)16(20-19)12-7-5-8-13(17)15(12)18/h3-9,16,20H,2,10,19H2,1H3. The molecule has 0 bridgehead atoms.